The molecule has 2 atom stereocenters. The van der Waals surface area contributed by atoms with E-state index in [4.69, 9.17) is 15.5 Å². The van der Waals surface area contributed by atoms with Crippen LogP contribution in [-0.2, 0) is 0 Å². The van der Waals surface area contributed by atoms with Crippen LogP contribution < -0.4 is 0 Å². The number of aliphatic hydroxyl groups excluding tert-OH is 2. The Bertz CT molecular complexity index is 413. The van der Waals surface area contributed by atoms with Crippen LogP contribution in [0.3, 0.4) is 0 Å². The molecule has 15 heavy (non-hydrogen) atoms. The number of rotatable bonds is 3. The van der Waals surface area contributed by atoms with Gasteiger partial charge in [0.2, 0.25) is 0 Å². The topological polar surface area (TPSA) is 114 Å². The van der Waals surface area contributed by atoms with Crippen LogP contribution in [0.4, 0.5) is 0 Å². The quantitative estimate of drug-likeness (QED) is 0.587. The fraction of sp³-hybridized carbons (Fsp3) is 0.222. The predicted octanol–water partition coefficient (Wildman–Crippen LogP) is -0.302. The van der Waals surface area contributed by atoms with Crippen LogP contribution in [0.5, 0.6) is 0 Å². The summed E-state index contributed by atoms with van der Waals surface area (Å²) in [7, 11) is 0. The van der Waals surface area contributed by atoms with E-state index in [0.29, 0.717) is 0 Å². The molecule has 0 amide bonds. The molecule has 0 bridgehead atoms. The number of hydrogen-bond donors (Lipinski definition) is 3. The zero-order valence-corrected chi connectivity index (χ0v) is 7.53. The van der Waals surface area contributed by atoms with E-state index in [-0.39, 0.29) is 11.3 Å². The summed E-state index contributed by atoms with van der Waals surface area (Å²) >= 11 is 0. The Labute approximate surface area is 85.0 Å². The lowest BCUT2D eigenvalue weighted by molar-refractivity contribution is 0.0496. The summed E-state index contributed by atoms with van der Waals surface area (Å²) in [6.07, 6.45) is -1.94. The van der Waals surface area contributed by atoms with Gasteiger partial charge in [-0.25, -0.2) is 4.79 Å². The number of nitrogens with zero attached hydrogens (tertiary/aromatic N) is 2. The summed E-state index contributed by atoms with van der Waals surface area (Å²) in [5, 5.41) is 35.4. The Kier molecular flexibility index (Phi) is 3.33. The summed E-state index contributed by atoms with van der Waals surface area (Å²) < 4.78 is 0. The highest BCUT2D eigenvalue weighted by Crippen LogP contribution is 2.15. The lowest BCUT2D eigenvalue weighted by Crippen LogP contribution is -2.17. The molecule has 0 aliphatic rings. The minimum Gasteiger partial charge on any atom is -0.478 e. The SMILES string of the molecule is N#CC(O)C(O)c1cc(C(=O)O)ccn1. The largest absolute Gasteiger partial charge is 0.478 e. The number of pyridine rings is 1. The van der Waals surface area contributed by atoms with Gasteiger partial charge in [-0.05, 0) is 12.1 Å². The maximum Gasteiger partial charge on any atom is 0.335 e. The lowest BCUT2D eigenvalue weighted by atomic mass is 10.1. The highest BCUT2D eigenvalue weighted by molar-refractivity contribution is 5.87. The second-order valence-corrected chi connectivity index (χ2v) is 2.79. The smallest absolute Gasteiger partial charge is 0.335 e. The molecule has 0 radical (unpaired) electrons. The third-order valence-electron chi connectivity index (χ3n) is 1.76. The van der Waals surface area contributed by atoms with E-state index in [2.05, 4.69) is 4.98 Å². The van der Waals surface area contributed by atoms with E-state index in [0.717, 1.165) is 6.07 Å². The molecule has 1 aromatic rings. The van der Waals surface area contributed by atoms with E-state index in [9.17, 15) is 9.90 Å². The van der Waals surface area contributed by atoms with Gasteiger partial charge in [0.15, 0.2) is 6.10 Å². The number of carboxylic acids is 1. The number of aromatic carboxylic acids is 1. The van der Waals surface area contributed by atoms with Crippen molar-refractivity contribution in [3.05, 3.63) is 29.6 Å². The first-order valence-electron chi connectivity index (χ1n) is 4.01. The maximum absolute atomic E-state index is 10.6. The molecule has 6 nitrogen and oxygen atoms in total. The molecule has 0 saturated heterocycles. The molecule has 3 N–H and O–H groups in total. The van der Waals surface area contributed by atoms with Gasteiger partial charge in [-0.15, -0.1) is 0 Å². The first kappa shape index (κ1) is 11.1. The van der Waals surface area contributed by atoms with Crippen molar-refractivity contribution in [3.8, 4) is 6.07 Å². The van der Waals surface area contributed by atoms with Crippen LogP contribution >= 0.6 is 0 Å². The van der Waals surface area contributed by atoms with Gasteiger partial charge in [0, 0.05) is 6.20 Å². The fourth-order valence-corrected chi connectivity index (χ4v) is 0.975. The molecule has 0 spiro atoms. The molecule has 78 valence electrons. The average Bonchev–Trinajstić information content (AvgIpc) is 2.27. The molecular weight excluding hydrogens is 200 g/mol. The maximum atomic E-state index is 10.6. The first-order chi connectivity index (χ1) is 7.06. The van der Waals surface area contributed by atoms with E-state index in [1.165, 1.54) is 18.3 Å². The van der Waals surface area contributed by atoms with Crippen molar-refractivity contribution in [2.75, 3.05) is 0 Å². The van der Waals surface area contributed by atoms with Gasteiger partial charge in [-0.1, -0.05) is 0 Å². The number of aromatic nitrogens is 1. The summed E-state index contributed by atoms with van der Waals surface area (Å²) in [6, 6.07) is 3.78. The van der Waals surface area contributed by atoms with Crippen molar-refractivity contribution in [2.24, 2.45) is 0 Å². The van der Waals surface area contributed by atoms with Crippen LogP contribution in [-0.4, -0.2) is 32.4 Å². The van der Waals surface area contributed by atoms with Gasteiger partial charge >= 0.3 is 5.97 Å². The van der Waals surface area contributed by atoms with Crippen molar-refractivity contribution in [3.63, 3.8) is 0 Å². The average molecular weight is 208 g/mol. The normalized spacial score (nSPS) is 13.9. The van der Waals surface area contributed by atoms with E-state index in [1.54, 1.807) is 0 Å². The summed E-state index contributed by atoms with van der Waals surface area (Å²) in [4.78, 5) is 14.2. The van der Waals surface area contributed by atoms with Crippen molar-refractivity contribution < 1.29 is 20.1 Å². The third-order valence-corrected chi connectivity index (χ3v) is 1.76. The standard InChI is InChI=1S/C9H8N2O4/c10-4-7(12)8(13)6-3-5(9(14)15)1-2-11-6/h1-3,7-8,12-13H,(H,14,15). The Hall–Kier alpha value is -1.97. The molecule has 1 heterocycles. The number of hydrogen-bond acceptors (Lipinski definition) is 5. The fourth-order valence-electron chi connectivity index (χ4n) is 0.975. The Morgan fingerprint density at radius 3 is 2.73 bits per heavy atom. The summed E-state index contributed by atoms with van der Waals surface area (Å²) in [6.45, 7) is 0. The molecule has 0 fully saturated rings. The highest BCUT2D eigenvalue weighted by atomic mass is 16.4. The Morgan fingerprint density at radius 1 is 1.53 bits per heavy atom. The third kappa shape index (κ3) is 2.49. The van der Waals surface area contributed by atoms with Crippen LogP contribution in [0, 0.1) is 11.3 Å². The zero-order valence-electron chi connectivity index (χ0n) is 7.53. The Balaban J connectivity index is 3.01. The number of nitriles is 1. The van der Waals surface area contributed by atoms with Gasteiger partial charge in [-0.2, -0.15) is 5.26 Å². The molecule has 0 aromatic carbocycles. The number of carboxylic acid groups (broad SMARTS) is 1. The summed E-state index contributed by atoms with van der Waals surface area (Å²) in [5.74, 6) is -1.17. The van der Waals surface area contributed by atoms with Crippen LogP contribution in [0.15, 0.2) is 18.3 Å². The van der Waals surface area contributed by atoms with Crippen molar-refractivity contribution >= 4 is 5.97 Å². The molecule has 2 unspecified atom stereocenters. The highest BCUT2D eigenvalue weighted by Gasteiger charge is 2.19. The van der Waals surface area contributed by atoms with Crippen LogP contribution in [0.25, 0.3) is 0 Å². The zero-order chi connectivity index (χ0) is 11.4. The molecule has 0 aliphatic heterocycles. The summed E-state index contributed by atoms with van der Waals surface area (Å²) in [5.41, 5.74) is -0.117. The van der Waals surface area contributed by atoms with Gasteiger partial charge in [0.1, 0.15) is 6.10 Å². The molecule has 0 aliphatic carbocycles. The van der Waals surface area contributed by atoms with Crippen molar-refractivity contribution in [2.45, 2.75) is 12.2 Å². The van der Waals surface area contributed by atoms with Crippen molar-refractivity contribution in [1.29, 1.82) is 5.26 Å². The second kappa shape index (κ2) is 4.50. The second-order valence-electron chi connectivity index (χ2n) is 2.79. The lowest BCUT2D eigenvalue weighted by Gasteiger charge is -2.10. The van der Waals surface area contributed by atoms with Gasteiger partial charge in [-0.3, -0.25) is 4.98 Å². The minimum atomic E-state index is -1.62. The molecule has 0 saturated carbocycles. The van der Waals surface area contributed by atoms with Crippen molar-refractivity contribution in [1.82, 2.24) is 4.98 Å². The van der Waals surface area contributed by atoms with Gasteiger partial charge < -0.3 is 15.3 Å². The first-order valence-corrected chi connectivity index (χ1v) is 4.01. The number of carbonyl (C=O) groups is 1. The molecular formula is C9H8N2O4. The van der Waals surface area contributed by atoms with E-state index in [1.807, 2.05) is 0 Å². The molecule has 6 heteroatoms. The van der Waals surface area contributed by atoms with Gasteiger partial charge in [0.05, 0.1) is 17.3 Å². The van der Waals surface area contributed by atoms with E-state index >= 15 is 0 Å². The van der Waals surface area contributed by atoms with Crippen LogP contribution in [0.1, 0.15) is 22.2 Å². The number of aliphatic hydroxyl groups is 2. The van der Waals surface area contributed by atoms with Gasteiger partial charge in [0.25, 0.3) is 0 Å². The van der Waals surface area contributed by atoms with Crippen LogP contribution in [0.2, 0.25) is 0 Å². The molecule has 1 aromatic heterocycles. The minimum absolute atomic E-state index is 0.0519. The van der Waals surface area contributed by atoms with E-state index < -0.39 is 18.2 Å². The monoisotopic (exact) mass is 208 g/mol. The predicted molar refractivity (Wildman–Crippen MR) is 47.8 cm³/mol. The Morgan fingerprint density at radius 2 is 2.20 bits per heavy atom. The molecule has 1 rings (SSSR count).